The van der Waals surface area contributed by atoms with E-state index >= 15 is 0 Å². The molecule has 0 bridgehead atoms. The number of esters is 1. The molecule has 0 atom stereocenters. The molecule has 0 aliphatic carbocycles. The molecule has 0 radical (unpaired) electrons. The van der Waals surface area contributed by atoms with Gasteiger partial charge in [-0.15, -0.1) is 0 Å². The van der Waals surface area contributed by atoms with E-state index in [2.05, 4.69) is 4.98 Å². The molecule has 5 nitrogen and oxygen atoms in total. The van der Waals surface area contributed by atoms with Crippen molar-refractivity contribution in [2.75, 3.05) is 0 Å². The van der Waals surface area contributed by atoms with E-state index in [1.807, 2.05) is 0 Å². The Bertz CT molecular complexity index is 949. The largest absolute Gasteiger partial charge is 0.427 e. The van der Waals surface area contributed by atoms with Crippen LogP contribution in [-0.4, -0.2) is 11.0 Å². The number of carbonyl (C=O) groups is 1. The summed E-state index contributed by atoms with van der Waals surface area (Å²) in [6.07, 6.45) is 0.246. The van der Waals surface area contributed by atoms with Gasteiger partial charge in [-0.25, -0.2) is 9.78 Å². The van der Waals surface area contributed by atoms with Crippen LogP contribution in [0, 0.1) is 0 Å². The molecule has 2 aromatic carbocycles. The number of ether oxygens (including phenoxy) is 1. The molecular weight excluding hydrogens is 318 g/mol. The fourth-order valence-electron chi connectivity index (χ4n) is 2.07. The van der Waals surface area contributed by atoms with Gasteiger partial charge in [0, 0.05) is 6.42 Å². The van der Waals surface area contributed by atoms with Gasteiger partial charge in [0.15, 0.2) is 0 Å². The molecule has 0 saturated heterocycles. The number of hydrogen-bond acceptors (Lipinski definition) is 5. The Kier molecular flexibility index (Phi) is 4.12. The summed E-state index contributed by atoms with van der Waals surface area (Å²) in [6, 6.07) is 11.6. The summed E-state index contributed by atoms with van der Waals surface area (Å²) < 4.78 is 10.3. The highest BCUT2D eigenvalue weighted by atomic mass is 35.5. The Morgan fingerprint density at radius 2 is 2.04 bits per heavy atom. The molecule has 116 valence electrons. The summed E-state index contributed by atoms with van der Waals surface area (Å²) in [6.45, 7) is 1.69. The number of aromatic nitrogens is 1. The van der Waals surface area contributed by atoms with Gasteiger partial charge in [-0.2, -0.15) is 0 Å². The standard InChI is InChI=1S/C17H12ClNO4/c1-2-15(20)22-10-7-8-14-12(9-10)17(21)23-16(19-14)11-5-3-4-6-13(11)18/h3-9H,2H2,1H3. The van der Waals surface area contributed by atoms with Gasteiger partial charge in [0.05, 0.1) is 21.5 Å². The number of nitrogens with zero attached hydrogens (tertiary/aromatic N) is 1. The summed E-state index contributed by atoms with van der Waals surface area (Å²) >= 11 is 6.10. The third kappa shape index (κ3) is 3.10. The zero-order chi connectivity index (χ0) is 16.4. The topological polar surface area (TPSA) is 69.4 Å². The van der Waals surface area contributed by atoms with Crippen molar-refractivity contribution < 1.29 is 13.9 Å². The van der Waals surface area contributed by atoms with E-state index in [0.29, 0.717) is 16.1 Å². The Balaban J connectivity index is 2.10. The van der Waals surface area contributed by atoms with Gasteiger partial charge in [0.25, 0.3) is 0 Å². The van der Waals surface area contributed by atoms with Crippen molar-refractivity contribution in [2.24, 2.45) is 0 Å². The molecule has 0 aliphatic heterocycles. The molecule has 0 fully saturated rings. The van der Waals surface area contributed by atoms with Crippen LogP contribution in [0.1, 0.15) is 13.3 Å². The van der Waals surface area contributed by atoms with E-state index in [4.69, 9.17) is 20.8 Å². The van der Waals surface area contributed by atoms with Gasteiger partial charge < -0.3 is 9.15 Å². The van der Waals surface area contributed by atoms with E-state index in [0.717, 1.165) is 0 Å². The highest BCUT2D eigenvalue weighted by molar-refractivity contribution is 6.33. The zero-order valence-electron chi connectivity index (χ0n) is 12.2. The molecule has 0 unspecified atom stereocenters. The number of fused-ring (bicyclic) bond motifs is 1. The first kappa shape index (κ1) is 15.2. The molecule has 0 spiro atoms. The smallest absolute Gasteiger partial charge is 0.347 e. The summed E-state index contributed by atoms with van der Waals surface area (Å²) in [7, 11) is 0. The molecule has 0 saturated carbocycles. The van der Waals surface area contributed by atoms with Crippen molar-refractivity contribution in [2.45, 2.75) is 13.3 Å². The molecule has 0 aliphatic rings. The molecule has 0 amide bonds. The van der Waals surface area contributed by atoms with Gasteiger partial charge in [-0.3, -0.25) is 4.79 Å². The van der Waals surface area contributed by atoms with Crippen molar-refractivity contribution in [1.82, 2.24) is 4.98 Å². The van der Waals surface area contributed by atoms with Crippen molar-refractivity contribution >= 4 is 28.5 Å². The molecule has 23 heavy (non-hydrogen) atoms. The monoisotopic (exact) mass is 329 g/mol. The quantitative estimate of drug-likeness (QED) is 0.539. The number of carbonyl (C=O) groups excluding carboxylic acids is 1. The number of rotatable bonds is 3. The minimum absolute atomic E-state index is 0.145. The maximum Gasteiger partial charge on any atom is 0.347 e. The lowest BCUT2D eigenvalue weighted by atomic mass is 10.2. The lowest BCUT2D eigenvalue weighted by Crippen LogP contribution is -2.07. The zero-order valence-corrected chi connectivity index (χ0v) is 13.0. The first-order chi connectivity index (χ1) is 11.1. The lowest BCUT2D eigenvalue weighted by Gasteiger charge is -2.05. The lowest BCUT2D eigenvalue weighted by molar-refractivity contribution is -0.134. The SMILES string of the molecule is CCC(=O)Oc1ccc2nc(-c3ccccc3Cl)oc(=O)c2c1. The van der Waals surface area contributed by atoms with Crippen molar-refractivity contribution in [3.63, 3.8) is 0 Å². The van der Waals surface area contributed by atoms with Crippen molar-refractivity contribution in [1.29, 1.82) is 0 Å². The second kappa shape index (κ2) is 6.22. The average molecular weight is 330 g/mol. The van der Waals surface area contributed by atoms with E-state index < -0.39 is 5.63 Å². The third-order valence-corrected chi connectivity index (χ3v) is 3.55. The van der Waals surface area contributed by atoms with Gasteiger partial charge in [-0.1, -0.05) is 30.7 Å². The maximum atomic E-state index is 12.2. The van der Waals surface area contributed by atoms with Gasteiger partial charge in [-0.05, 0) is 30.3 Å². The number of benzene rings is 2. The minimum atomic E-state index is -0.570. The Hall–Kier alpha value is -2.66. The van der Waals surface area contributed by atoms with Crippen LogP contribution in [-0.2, 0) is 4.79 Å². The van der Waals surface area contributed by atoms with Gasteiger partial charge >= 0.3 is 11.6 Å². The van der Waals surface area contributed by atoms with E-state index in [9.17, 15) is 9.59 Å². The second-order valence-electron chi connectivity index (χ2n) is 4.79. The van der Waals surface area contributed by atoms with Gasteiger partial charge in [0.1, 0.15) is 5.75 Å². The second-order valence-corrected chi connectivity index (χ2v) is 5.20. The summed E-state index contributed by atoms with van der Waals surface area (Å²) in [5, 5.41) is 0.679. The molecule has 3 aromatic rings. The molecular formula is C17H12ClNO4. The van der Waals surface area contributed by atoms with Crippen LogP contribution < -0.4 is 10.4 Å². The van der Waals surface area contributed by atoms with E-state index in [1.54, 1.807) is 43.3 Å². The van der Waals surface area contributed by atoms with Crippen LogP contribution in [0.3, 0.4) is 0 Å². The first-order valence-electron chi connectivity index (χ1n) is 6.99. The summed E-state index contributed by atoms with van der Waals surface area (Å²) in [5.74, 6) is 0.0460. The molecule has 0 N–H and O–H groups in total. The molecule has 1 heterocycles. The van der Waals surface area contributed by atoms with Crippen molar-refractivity contribution in [3.05, 3.63) is 57.9 Å². The Morgan fingerprint density at radius 1 is 1.26 bits per heavy atom. The Morgan fingerprint density at radius 3 is 2.78 bits per heavy atom. The van der Waals surface area contributed by atoms with Crippen LogP contribution in [0.25, 0.3) is 22.4 Å². The minimum Gasteiger partial charge on any atom is -0.427 e. The fraction of sp³-hybridized carbons (Fsp3) is 0.118. The highest BCUT2D eigenvalue weighted by Crippen LogP contribution is 2.27. The molecule has 6 heteroatoms. The summed E-state index contributed by atoms with van der Waals surface area (Å²) in [5.41, 5.74) is 0.404. The predicted octanol–water partition coefficient (Wildman–Crippen LogP) is 3.82. The highest BCUT2D eigenvalue weighted by Gasteiger charge is 2.12. The van der Waals surface area contributed by atoms with Crippen LogP contribution >= 0.6 is 11.6 Å². The van der Waals surface area contributed by atoms with Crippen LogP contribution in [0.5, 0.6) is 5.75 Å². The first-order valence-corrected chi connectivity index (χ1v) is 7.36. The number of hydrogen-bond donors (Lipinski definition) is 0. The van der Waals surface area contributed by atoms with Crippen LogP contribution in [0.2, 0.25) is 5.02 Å². The van der Waals surface area contributed by atoms with E-state index in [-0.39, 0.29) is 29.4 Å². The van der Waals surface area contributed by atoms with Crippen molar-refractivity contribution in [3.8, 4) is 17.2 Å². The average Bonchev–Trinajstić information content (AvgIpc) is 2.55. The maximum absolute atomic E-state index is 12.2. The molecule has 3 rings (SSSR count). The fourth-order valence-corrected chi connectivity index (χ4v) is 2.28. The third-order valence-electron chi connectivity index (χ3n) is 3.22. The van der Waals surface area contributed by atoms with Gasteiger partial charge in [0.2, 0.25) is 5.89 Å². The predicted molar refractivity (Wildman–Crippen MR) is 86.7 cm³/mol. The van der Waals surface area contributed by atoms with E-state index in [1.165, 1.54) is 6.07 Å². The van der Waals surface area contributed by atoms with Crippen LogP contribution in [0.4, 0.5) is 0 Å². The van der Waals surface area contributed by atoms with Crippen LogP contribution in [0.15, 0.2) is 51.7 Å². The number of halogens is 1. The Labute approximate surface area is 136 Å². The normalized spacial score (nSPS) is 10.7. The molecule has 1 aromatic heterocycles. The summed E-state index contributed by atoms with van der Waals surface area (Å²) in [4.78, 5) is 27.8.